The highest BCUT2D eigenvalue weighted by Gasteiger charge is 2.26. The summed E-state index contributed by atoms with van der Waals surface area (Å²) < 4.78 is 2.44. The Morgan fingerprint density at radius 3 is 2.50 bits per heavy atom. The zero-order chi connectivity index (χ0) is 24.2. The number of carbonyl (C=O) groups excluding carboxylic acids is 1. The van der Waals surface area contributed by atoms with Gasteiger partial charge in [0.25, 0.3) is 0 Å². The van der Waals surface area contributed by atoms with Gasteiger partial charge in [0.1, 0.15) is 0 Å². The molecule has 1 heterocycles. The van der Waals surface area contributed by atoms with Gasteiger partial charge in [0.2, 0.25) is 5.91 Å². The molecule has 0 bridgehead atoms. The quantitative estimate of drug-likeness (QED) is 0.341. The number of nitrogens with zero attached hydrogens (tertiary/aromatic N) is 1. The van der Waals surface area contributed by atoms with Gasteiger partial charge in [-0.25, -0.2) is 0 Å². The van der Waals surface area contributed by atoms with Gasteiger partial charge in [-0.2, -0.15) is 0 Å². The molecule has 3 aromatic rings. The number of hydrogen-bond donors (Lipinski definition) is 2. The van der Waals surface area contributed by atoms with Crippen LogP contribution in [0.25, 0.3) is 10.9 Å². The molecule has 36 heavy (non-hydrogen) atoms. The van der Waals surface area contributed by atoms with Gasteiger partial charge < -0.3 is 15.6 Å². The summed E-state index contributed by atoms with van der Waals surface area (Å²) in [6, 6.07) is 17.2. The summed E-state index contributed by atoms with van der Waals surface area (Å²) in [5.74, 6) is 0.801. The summed E-state index contributed by atoms with van der Waals surface area (Å²) in [4.78, 5) is 13.3. The summed E-state index contributed by atoms with van der Waals surface area (Å²) in [5, 5.41) is 5.26. The van der Waals surface area contributed by atoms with E-state index in [-0.39, 0.29) is 36.3 Å². The predicted octanol–water partition coefficient (Wildman–Crippen LogP) is 7.20. The third-order valence-corrected chi connectivity index (χ3v) is 8.39. The number of para-hydroxylation sites is 1. The number of benzene rings is 2. The van der Waals surface area contributed by atoms with E-state index in [1.54, 1.807) is 0 Å². The Morgan fingerprint density at radius 1 is 1.00 bits per heavy atom. The molecular weight excluding hydrogens is 489 g/mol. The number of nitrogens with two attached hydrogens (primary N) is 1. The van der Waals surface area contributed by atoms with Crippen LogP contribution < -0.4 is 11.1 Å². The van der Waals surface area contributed by atoms with Gasteiger partial charge in [0.15, 0.2) is 0 Å². The summed E-state index contributed by atoms with van der Waals surface area (Å²) in [7, 11) is 0. The number of rotatable bonds is 7. The van der Waals surface area contributed by atoms with Crippen molar-refractivity contribution in [3.8, 4) is 0 Å². The highest BCUT2D eigenvalue weighted by atomic mass is 35.5. The predicted molar refractivity (Wildman–Crippen MR) is 152 cm³/mol. The Labute approximate surface area is 226 Å². The maximum atomic E-state index is 13.3. The van der Waals surface area contributed by atoms with Crippen molar-refractivity contribution in [2.24, 2.45) is 11.7 Å². The van der Waals surface area contributed by atoms with Gasteiger partial charge in [0.05, 0.1) is 0 Å². The molecule has 0 radical (unpaired) electrons. The van der Waals surface area contributed by atoms with Gasteiger partial charge in [-0.05, 0) is 73.8 Å². The summed E-state index contributed by atoms with van der Waals surface area (Å²) in [5.41, 5.74) is 9.65. The molecule has 2 aliphatic carbocycles. The van der Waals surface area contributed by atoms with Crippen molar-refractivity contribution in [3.05, 3.63) is 70.9 Å². The number of carbonyl (C=O) groups is 1. The SMILES string of the molecule is Cl.N[C@H]1CC[C@H](NC(=O)CC(c2cccc(Cl)c2)c2cn(CC3CCCCC3)c3ccccc23)CC1. The lowest BCUT2D eigenvalue weighted by atomic mass is 9.87. The fraction of sp³-hybridized carbons (Fsp3) is 0.500. The van der Waals surface area contributed by atoms with E-state index < -0.39 is 0 Å². The summed E-state index contributed by atoms with van der Waals surface area (Å²) in [6.45, 7) is 1.05. The Bertz CT molecular complexity index is 1150. The molecule has 0 spiro atoms. The van der Waals surface area contributed by atoms with Gasteiger partial charge in [-0.3, -0.25) is 4.79 Å². The number of hydrogen-bond acceptors (Lipinski definition) is 2. The fourth-order valence-corrected chi connectivity index (χ4v) is 6.42. The molecule has 0 aliphatic heterocycles. The fourth-order valence-electron chi connectivity index (χ4n) is 6.22. The largest absolute Gasteiger partial charge is 0.353 e. The van der Waals surface area contributed by atoms with Crippen molar-refractivity contribution in [1.29, 1.82) is 0 Å². The first-order chi connectivity index (χ1) is 17.1. The molecule has 1 unspecified atom stereocenters. The minimum atomic E-state index is -0.0444. The molecule has 194 valence electrons. The Kier molecular flexibility index (Phi) is 9.38. The number of aromatic nitrogens is 1. The molecule has 3 N–H and O–H groups in total. The van der Waals surface area contributed by atoms with Crippen molar-refractivity contribution in [1.82, 2.24) is 9.88 Å². The number of nitrogens with one attached hydrogen (secondary N) is 1. The van der Waals surface area contributed by atoms with Crippen LogP contribution >= 0.6 is 24.0 Å². The van der Waals surface area contributed by atoms with E-state index in [4.69, 9.17) is 17.3 Å². The van der Waals surface area contributed by atoms with Crippen molar-refractivity contribution >= 4 is 40.8 Å². The average molecular weight is 529 g/mol. The van der Waals surface area contributed by atoms with E-state index in [9.17, 15) is 4.79 Å². The van der Waals surface area contributed by atoms with Gasteiger partial charge in [0, 0.05) is 53.1 Å². The highest BCUT2D eigenvalue weighted by Crippen LogP contribution is 2.37. The lowest BCUT2D eigenvalue weighted by molar-refractivity contribution is -0.122. The Balaban J connectivity index is 0.00000304. The smallest absolute Gasteiger partial charge is 0.221 e. The second-order valence-corrected chi connectivity index (χ2v) is 11.2. The molecule has 1 amide bonds. The zero-order valence-electron chi connectivity index (χ0n) is 21.0. The molecular formula is C30H39Cl2N3O. The molecule has 2 saturated carbocycles. The molecule has 4 nitrogen and oxygen atoms in total. The standard InChI is InChI=1S/C30H38ClN3O.ClH/c31-23-10-6-9-22(17-23)27(18-30(35)33-25-15-13-24(32)14-16-25)28-20-34(19-21-7-2-1-3-8-21)29-12-5-4-11-26(28)29;/h4-6,9-12,17,20-21,24-25,27H,1-3,7-8,13-16,18-19,32H2,(H,33,35);1H/t24-,25-,27?;. The van der Waals surface area contributed by atoms with Crippen molar-refractivity contribution in [3.63, 3.8) is 0 Å². The highest BCUT2D eigenvalue weighted by molar-refractivity contribution is 6.30. The molecule has 2 aromatic carbocycles. The maximum absolute atomic E-state index is 13.3. The lowest BCUT2D eigenvalue weighted by Gasteiger charge is -2.27. The second-order valence-electron chi connectivity index (χ2n) is 10.7. The van der Waals surface area contributed by atoms with Crippen LogP contribution in [0.2, 0.25) is 5.02 Å². The van der Waals surface area contributed by atoms with Crippen LogP contribution in [-0.4, -0.2) is 22.6 Å². The van der Waals surface area contributed by atoms with Crippen LogP contribution in [-0.2, 0) is 11.3 Å². The van der Waals surface area contributed by atoms with E-state index in [1.165, 1.54) is 48.6 Å². The van der Waals surface area contributed by atoms with Crippen molar-refractivity contribution in [2.45, 2.75) is 88.8 Å². The Hall–Kier alpha value is -2.01. The first-order valence-corrected chi connectivity index (χ1v) is 13.8. The normalized spacial score (nSPS) is 21.6. The second kappa shape index (κ2) is 12.5. The van der Waals surface area contributed by atoms with Gasteiger partial charge in [-0.15, -0.1) is 12.4 Å². The number of fused-ring (bicyclic) bond motifs is 1. The molecule has 2 fully saturated rings. The molecule has 1 aromatic heterocycles. The molecule has 5 rings (SSSR count). The van der Waals surface area contributed by atoms with E-state index in [2.05, 4.69) is 46.4 Å². The van der Waals surface area contributed by atoms with Crippen molar-refractivity contribution < 1.29 is 4.79 Å². The third kappa shape index (κ3) is 6.45. The van der Waals surface area contributed by atoms with Crippen LogP contribution in [0.4, 0.5) is 0 Å². The van der Waals surface area contributed by atoms with Crippen molar-refractivity contribution in [2.75, 3.05) is 0 Å². The summed E-state index contributed by atoms with van der Waals surface area (Å²) >= 11 is 6.42. The van der Waals surface area contributed by atoms with Gasteiger partial charge >= 0.3 is 0 Å². The van der Waals surface area contributed by atoms with Crippen LogP contribution in [0.5, 0.6) is 0 Å². The molecule has 2 aliphatic rings. The monoisotopic (exact) mass is 527 g/mol. The van der Waals surface area contributed by atoms with E-state index in [0.717, 1.165) is 43.7 Å². The number of amides is 1. The lowest BCUT2D eigenvalue weighted by Crippen LogP contribution is -2.40. The van der Waals surface area contributed by atoms with Crippen LogP contribution in [0, 0.1) is 5.92 Å². The Morgan fingerprint density at radius 2 is 1.75 bits per heavy atom. The summed E-state index contributed by atoms with van der Waals surface area (Å²) in [6.07, 6.45) is 13.3. The molecule has 0 saturated heterocycles. The van der Waals surface area contributed by atoms with Crippen LogP contribution in [0.1, 0.15) is 81.3 Å². The molecule has 1 atom stereocenters. The first kappa shape index (κ1) is 27.0. The van der Waals surface area contributed by atoms with Gasteiger partial charge in [-0.1, -0.05) is 61.2 Å². The third-order valence-electron chi connectivity index (χ3n) is 8.15. The maximum Gasteiger partial charge on any atom is 0.221 e. The zero-order valence-corrected chi connectivity index (χ0v) is 22.6. The van der Waals surface area contributed by atoms with Crippen LogP contribution in [0.3, 0.4) is 0 Å². The van der Waals surface area contributed by atoms with E-state index in [0.29, 0.717) is 11.4 Å². The topological polar surface area (TPSA) is 60.0 Å². The van der Waals surface area contributed by atoms with Crippen LogP contribution in [0.15, 0.2) is 54.7 Å². The number of halogens is 2. The van der Waals surface area contributed by atoms with E-state index >= 15 is 0 Å². The average Bonchev–Trinajstić information content (AvgIpc) is 3.23. The first-order valence-electron chi connectivity index (χ1n) is 13.4. The minimum Gasteiger partial charge on any atom is -0.353 e. The van der Waals surface area contributed by atoms with E-state index in [1.807, 2.05) is 18.2 Å². The molecule has 6 heteroatoms. The minimum absolute atomic E-state index is 0.